The van der Waals surface area contributed by atoms with Crippen molar-refractivity contribution in [1.29, 1.82) is 0 Å². The van der Waals surface area contributed by atoms with Crippen molar-refractivity contribution in [3.8, 4) is 0 Å². The largest absolute Gasteiger partial charge is 0.355 e. The third kappa shape index (κ3) is 19.7. The van der Waals surface area contributed by atoms with E-state index in [1.54, 1.807) is 14.0 Å². The monoisotopic (exact) mass is 443 g/mol. The summed E-state index contributed by atoms with van der Waals surface area (Å²) >= 11 is 0. The van der Waals surface area contributed by atoms with Crippen LogP contribution in [0.4, 0.5) is 0 Å². The fourth-order valence-electron chi connectivity index (χ4n) is 2.52. The highest BCUT2D eigenvalue weighted by molar-refractivity contribution is 5.88. The summed E-state index contributed by atoms with van der Waals surface area (Å²) in [6, 6.07) is -0.429. The molecule has 0 saturated carbocycles. The van der Waals surface area contributed by atoms with Crippen LogP contribution in [0.5, 0.6) is 0 Å². The highest BCUT2D eigenvalue weighted by Gasteiger charge is 2.21. The second kappa shape index (κ2) is 21.2. The molecule has 0 bridgehead atoms. The third-order valence-electron chi connectivity index (χ3n) is 4.24. The van der Waals surface area contributed by atoms with E-state index in [4.69, 9.17) is 0 Å². The number of carbonyl (C=O) groups is 4. The van der Waals surface area contributed by atoms with Gasteiger partial charge in [0.2, 0.25) is 17.7 Å². The summed E-state index contributed by atoms with van der Waals surface area (Å²) in [6.07, 6.45) is 1.81. The standard InChI is InChI=1S/C20H39N5O4.C2H6/c1-5-16(26)7-6-8-19(28)25-17(20(29)24-12-11-21-4)9-10-18(27)23-14-13-22-15(2)3;1-2/h15,17,21-22H,5-14H2,1-4H3,(H,23,27)(H,24,29)(H,25,28);1-2H3. The van der Waals surface area contributed by atoms with Crippen molar-refractivity contribution in [2.45, 2.75) is 85.2 Å². The molecular formula is C22H45N5O4. The van der Waals surface area contributed by atoms with Gasteiger partial charge in [-0.2, -0.15) is 0 Å². The first-order valence-electron chi connectivity index (χ1n) is 11.5. The molecule has 0 aliphatic rings. The zero-order valence-electron chi connectivity index (χ0n) is 20.4. The molecule has 0 aromatic heterocycles. The van der Waals surface area contributed by atoms with E-state index in [9.17, 15) is 19.2 Å². The van der Waals surface area contributed by atoms with Crippen LogP contribution in [0.15, 0.2) is 0 Å². The number of rotatable bonds is 17. The van der Waals surface area contributed by atoms with Gasteiger partial charge in [-0.15, -0.1) is 0 Å². The zero-order valence-corrected chi connectivity index (χ0v) is 20.4. The summed E-state index contributed by atoms with van der Waals surface area (Å²) in [5.41, 5.74) is 0. The maximum Gasteiger partial charge on any atom is 0.242 e. The van der Waals surface area contributed by atoms with Crippen molar-refractivity contribution in [3.05, 3.63) is 0 Å². The molecule has 1 atom stereocenters. The predicted molar refractivity (Wildman–Crippen MR) is 125 cm³/mol. The molecule has 0 fully saturated rings. The van der Waals surface area contributed by atoms with E-state index in [-0.39, 0.29) is 42.8 Å². The molecule has 0 heterocycles. The molecule has 3 amide bonds. The first-order chi connectivity index (χ1) is 14.8. The highest BCUT2D eigenvalue weighted by Crippen LogP contribution is 2.03. The number of Topliss-reactive ketones (excluding diaryl/α,β-unsaturated/α-hetero) is 1. The van der Waals surface area contributed by atoms with Gasteiger partial charge in [0, 0.05) is 57.9 Å². The van der Waals surface area contributed by atoms with Crippen molar-refractivity contribution in [2.75, 3.05) is 33.2 Å². The van der Waals surface area contributed by atoms with Gasteiger partial charge in [-0.3, -0.25) is 19.2 Å². The molecule has 0 rings (SSSR count). The molecule has 182 valence electrons. The number of hydrogen-bond acceptors (Lipinski definition) is 6. The van der Waals surface area contributed by atoms with Crippen molar-refractivity contribution in [1.82, 2.24) is 26.6 Å². The molecule has 0 saturated heterocycles. The van der Waals surface area contributed by atoms with Gasteiger partial charge in [0.05, 0.1) is 0 Å². The molecule has 31 heavy (non-hydrogen) atoms. The number of carbonyl (C=O) groups excluding carboxylic acids is 4. The van der Waals surface area contributed by atoms with Gasteiger partial charge in [0.15, 0.2) is 0 Å². The third-order valence-corrected chi connectivity index (χ3v) is 4.24. The van der Waals surface area contributed by atoms with E-state index in [0.717, 1.165) is 0 Å². The van der Waals surface area contributed by atoms with Gasteiger partial charge in [0.25, 0.3) is 0 Å². The average molecular weight is 444 g/mol. The summed E-state index contributed by atoms with van der Waals surface area (Å²) in [7, 11) is 1.78. The Hall–Kier alpha value is -2.00. The van der Waals surface area contributed by atoms with Crippen LogP contribution in [0, 0.1) is 0 Å². The average Bonchev–Trinajstić information content (AvgIpc) is 2.75. The van der Waals surface area contributed by atoms with E-state index >= 15 is 0 Å². The first-order valence-corrected chi connectivity index (χ1v) is 11.5. The number of ketones is 1. The lowest BCUT2D eigenvalue weighted by Gasteiger charge is -2.18. The van der Waals surface area contributed by atoms with Crippen molar-refractivity contribution in [2.24, 2.45) is 0 Å². The topological polar surface area (TPSA) is 128 Å². The Labute approximate surface area is 188 Å². The Morgan fingerprint density at radius 3 is 2.03 bits per heavy atom. The van der Waals surface area contributed by atoms with Gasteiger partial charge in [-0.05, 0) is 19.9 Å². The van der Waals surface area contributed by atoms with Crippen LogP contribution in [0.1, 0.15) is 73.1 Å². The van der Waals surface area contributed by atoms with Crippen LogP contribution in [-0.4, -0.2) is 68.8 Å². The minimum absolute atomic E-state index is 0.114. The SMILES string of the molecule is CC.CCC(=O)CCCC(=O)NC(CCC(=O)NCCNC(C)C)C(=O)NCCNC. The molecule has 1 unspecified atom stereocenters. The summed E-state index contributed by atoms with van der Waals surface area (Å²) < 4.78 is 0. The second-order valence-electron chi connectivity index (χ2n) is 7.26. The van der Waals surface area contributed by atoms with Crippen molar-refractivity contribution in [3.63, 3.8) is 0 Å². The van der Waals surface area contributed by atoms with Crippen molar-refractivity contribution < 1.29 is 19.2 Å². The maximum absolute atomic E-state index is 12.4. The zero-order chi connectivity index (χ0) is 24.1. The van der Waals surface area contributed by atoms with E-state index in [1.165, 1.54) is 0 Å². The van der Waals surface area contributed by atoms with Crippen LogP contribution in [0.25, 0.3) is 0 Å². The van der Waals surface area contributed by atoms with Gasteiger partial charge < -0.3 is 26.6 Å². The maximum atomic E-state index is 12.4. The Morgan fingerprint density at radius 1 is 0.806 bits per heavy atom. The van der Waals surface area contributed by atoms with Gasteiger partial charge in [-0.25, -0.2) is 0 Å². The van der Waals surface area contributed by atoms with Crippen LogP contribution in [0.3, 0.4) is 0 Å². The summed E-state index contributed by atoms with van der Waals surface area (Å²) in [5.74, 6) is -0.647. The lowest BCUT2D eigenvalue weighted by molar-refractivity contribution is -0.130. The summed E-state index contributed by atoms with van der Waals surface area (Å²) in [5, 5.41) is 14.4. The molecule has 0 spiro atoms. The fraction of sp³-hybridized carbons (Fsp3) is 0.818. The van der Waals surface area contributed by atoms with Crippen molar-refractivity contribution >= 4 is 23.5 Å². The van der Waals surface area contributed by atoms with Crippen LogP contribution in [-0.2, 0) is 19.2 Å². The summed E-state index contributed by atoms with van der Waals surface area (Å²) in [6.45, 7) is 12.1. The van der Waals surface area contributed by atoms with Crippen LogP contribution >= 0.6 is 0 Å². The molecular weight excluding hydrogens is 398 g/mol. The minimum atomic E-state index is -0.777. The number of amides is 3. The molecule has 0 aliphatic heterocycles. The van der Waals surface area contributed by atoms with E-state index in [0.29, 0.717) is 51.5 Å². The highest BCUT2D eigenvalue weighted by atomic mass is 16.2. The minimum Gasteiger partial charge on any atom is -0.355 e. The molecule has 0 aromatic rings. The Kier molecular flexibility index (Phi) is 21.4. The lowest BCUT2D eigenvalue weighted by atomic mass is 10.1. The number of nitrogens with one attached hydrogen (secondary N) is 5. The fourth-order valence-corrected chi connectivity index (χ4v) is 2.52. The van der Waals surface area contributed by atoms with E-state index in [1.807, 2.05) is 27.7 Å². The molecule has 0 aromatic carbocycles. The first kappa shape index (κ1) is 31.2. The van der Waals surface area contributed by atoms with Gasteiger partial charge in [0.1, 0.15) is 11.8 Å². The number of likely N-dealkylation sites (N-methyl/N-ethyl adjacent to an activating group) is 1. The normalized spacial score (nSPS) is 11.2. The smallest absolute Gasteiger partial charge is 0.242 e. The second-order valence-corrected chi connectivity index (χ2v) is 7.26. The van der Waals surface area contributed by atoms with Crippen LogP contribution in [0.2, 0.25) is 0 Å². The Balaban J connectivity index is 0. The predicted octanol–water partition coefficient (Wildman–Crippen LogP) is 0.877. The van der Waals surface area contributed by atoms with Crippen LogP contribution < -0.4 is 26.6 Å². The summed E-state index contributed by atoms with van der Waals surface area (Å²) in [4.78, 5) is 47.9. The Bertz CT molecular complexity index is 512. The van der Waals surface area contributed by atoms with E-state index < -0.39 is 6.04 Å². The molecule has 9 heteroatoms. The van der Waals surface area contributed by atoms with Gasteiger partial charge in [-0.1, -0.05) is 34.6 Å². The molecule has 5 N–H and O–H groups in total. The lowest BCUT2D eigenvalue weighted by Crippen LogP contribution is -2.48. The Morgan fingerprint density at radius 2 is 1.45 bits per heavy atom. The molecule has 9 nitrogen and oxygen atoms in total. The molecule has 0 aliphatic carbocycles. The quantitative estimate of drug-likeness (QED) is 0.212. The number of hydrogen-bond donors (Lipinski definition) is 5. The van der Waals surface area contributed by atoms with Gasteiger partial charge >= 0.3 is 0 Å². The molecule has 0 radical (unpaired) electrons. The van der Waals surface area contributed by atoms with E-state index in [2.05, 4.69) is 26.6 Å².